The van der Waals surface area contributed by atoms with Crippen LogP contribution in [0.15, 0.2) is 23.1 Å². The van der Waals surface area contributed by atoms with Crippen LogP contribution in [-0.4, -0.2) is 70.9 Å². The van der Waals surface area contributed by atoms with Crippen molar-refractivity contribution in [2.24, 2.45) is 0 Å². The molecule has 0 saturated heterocycles. The zero-order chi connectivity index (χ0) is 18.2. The van der Waals surface area contributed by atoms with Crippen molar-refractivity contribution in [3.63, 3.8) is 0 Å². The average molecular weight is 361 g/mol. The molecule has 0 aliphatic rings. The molecule has 0 unspecified atom stereocenters. The van der Waals surface area contributed by atoms with Gasteiger partial charge in [-0.3, -0.25) is 0 Å². The molecule has 9 heteroatoms. The van der Waals surface area contributed by atoms with Gasteiger partial charge in [0.15, 0.2) is 0 Å². The molecule has 0 aromatic heterocycles. The van der Waals surface area contributed by atoms with Gasteiger partial charge in [-0.2, -0.15) is 4.31 Å². The van der Waals surface area contributed by atoms with Crippen molar-refractivity contribution in [2.75, 3.05) is 47.1 Å². The molecule has 0 radical (unpaired) electrons. The standard InChI is InChI=1S/C15H23NO7S/c1-4-23-14-6-5-12(11-13(14)15(17)18)24(19,20)16(7-9-21-2)8-10-22-3/h5-6,11H,4,7-10H2,1-3H3,(H,17,18). The van der Waals surface area contributed by atoms with Crippen LogP contribution in [0.4, 0.5) is 0 Å². The topological polar surface area (TPSA) is 102 Å². The van der Waals surface area contributed by atoms with Gasteiger partial charge in [-0.05, 0) is 25.1 Å². The van der Waals surface area contributed by atoms with E-state index >= 15 is 0 Å². The Morgan fingerprint density at radius 3 is 2.21 bits per heavy atom. The van der Waals surface area contributed by atoms with Crippen LogP contribution < -0.4 is 4.74 Å². The first-order chi connectivity index (χ1) is 11.4. The van der Waals surface area contributed by atoms with Crippen molar-refractivity contribution in [3.05, 3.63) is 23.8 Å². The van der Waals surface area contributed by atoms with Crippen LogP contribution in [0.5, 0.6) is 5.75 Å². The van der Waals surface area contributed by atoms with E-state index < -0.39 is 16.0 Å². The average Bonchev–Trinajstić information content (AvgIpc) is 2.55. The van der Waals surface area contributed by atoms with Gasteiger partial charge in [0.1, 0.15) is 11.3 Å². The lowest BCUT2D eigenvalue weighted by atomic mass is 10.2. The third-order valence-electron chi connectivity index (χ3n) is 3.21. The third kappa shape index (κ3) is 5.17. The van der Waals surface area contributed by atoms with Gasteiger partial charge in [-0.25, -0.2) is 13.2 Å². The monoisotopic (exact) mass is 361 g/mol. The maximum Gasteiger partial charge on any atom is 0.339 e. The zero-order valence-electron chi connectivity index (χ0n) is 14.0. The molecule has 0 saturated carbocycles. The first-order valence-electron chi connectivity index (χ1n) is 7.36. The number of carboxylic acids is 1. The van der Waals surface area contributed by atoms with Gasteiger partial charge in [0.2, 0.25) is 10.0 Å². The minimum Gasteiger partial charge on any atom is -0.493 e. The molecule has 0 aliphatic heterocycles. The Morgan fingerprint density at radius 2 is 1.75 bits per heavy atom. The highest BCUT2D eigenvalue weighted by molar-refractivity contribution is 7.89. The number of carbonyl (C=O) groups is 1. The van der Waals surface area contributed by atoms with Crippen LogP contribution in [0.1, 0.15) is 17.3 Å². The van der Waals surface area contributed by atoms with Crippen molar-refractivity contribution in [3.8, 4) is 5.75 Å². The summed E-state index contributed by atoms with van der Waals surface area (Å²) in [5, 5.41) is 9.28. The summed E-state index contributed by atoms with van der Waals surface area (Å²) < 4.78 is 41.8. The molecule has 0 heterocycles. The van der Waals surface area contributed by atoms with E-state index in [4.69, 9.17) is 14.2 Å². The van der Waals surface area contributed by atoms with Gasteiger partial charge in [-0.15, -0.1) is 0 Å². The molecule has 1 aromatic carbocycles. The molecule has 0 bridgehead atoms. The minimum absolute atomic E-state index is 0.115. The summed E-state index contributed by atoms with van der Waals surface area (Å²) in [5.74, 6) is -1.12. The van der Waals surface area contributed by atoms with Crippen molar-refractivity contribution in [1.29, 1.82) is 0 Å². The smallest absolute Gasteiger partial charge is 0.339 e. The number of aromatic carboxylic acids is 1. The highest BCUT2D eigenvalue weighted by Gasteiger charge is 2.26. The highest BCUT2D eigenvalue weighted by Crippen LogP contribution is 2.25. The number of rotatable bonds is 11. The number of methoxy groups -OCH3 is 2. The summed E-state index contributed by atoms with van der Waals surface area (Å²) in [5.41, 5.74) is -0.198. The lowest BCUT2D eigenvalue weighted by Gasteiger charge is -2.22. The maximum atomic E-state index is 12.8. The Bertz CT molecular complexity index is 637. The van der Waals surface area contributed by atoms with Gasteiger partial charge in [0.05, 0.1) is 24.7 Å². The van der Waals surface area contributed by atoms with Crippen molar-refractivity contribution in [2.45, 2.75) is 11.8 Å². The molecule has 0 aliphatic carbocycles. The van der Waals surface area contributed by atoms with Crippen LogP contribution in [0.25, 0.3) is 0 Å². The fourth-order valence-electron chi connectivity index (χ4n) is 2.01. The van der Waals surface area contributed by atoms with Crippen LogP contribution in [0.3, 0.4) is 0 Å². The molecule has 8 nitrogen and oxygen atoms in total. The zero-order valence-corrected chi connectivity index (χ0v) is 14.8. The van der Waals surface area contributed by atoms with E-state index in [1.54, 1.807) is 6.92 Å². The summed E-state index contributed by atoms with van der Waals surface area (Å²) >= 11 is 0. The van der Waals surface area contributed by atoms with Gasteiger partial charge in [-0.1, -0.05) is 0 Å². The quantitative estimate of drug-likeness (QED) is 0.629. The molecule has 0 atom stereocenters. The minimum atomic E-state index is -3.88. The number of carboxylic acid groups (broad SMARTS) is 1. The van der Waals surface area contributed by atoms with E-state index in [2.05, 4.69) is 0 Å². The molecule has 24 heavy (non-hydrogen) atoms. The molecule has 1 rings (SSSR count). The molecule has 1 aromatic rings. The molecule has 0 amide bonds. The summed E-state index contributed by atoms with van der Waals surface area (Å²) in [6.45, 7) is 2.70. The van der Waals surface area contributed by atoms with Crippen molar-refractivity contribution >= 4 is 16.0 Å². The third-order valence-corrected chi connectivity index (χ3v) is 5.10. The molecular weight excluding hydrogens is 338 g/mol. The number of nitrogens with zero attached hydrogens (tertiary/aromatic N) is 1. The summed E-state index contributed by atoms with van der Waals surface area (Å²) in [4.78, 5) is 11.2. The summed E-state index contributed by atoms with van der Waals surface area (Å²) in [6, 6.07) is 3.79. The van der Waals surface area contributed by atoms with E-state index in [1.165, 1.54) is 30.7 Å². The lowest BCUT2D eigenvalue weighted by molar-refractivity contribution is 0.0692. The number of hydrogen-bond acceptors (Lipinski definition) is 6. The normalized spacial score (nSPS) is 11.7. The van der Waals surface area contributed by atoms with Gasteiger partial charge in [0, 0.05) is 27.3 Å². The first kappa shape index (κ1) is 20.4. The van der Waals surface area contributed by atoms with E-state index in [0.29, 0.717) is 0 Å². The molecule has 0 fully saturated rings. The molecule has 0 spiro atoms. The second-order valence-corrected chi connectivity index (χ2v) is 6.72. The molecule has 1 N–H and O–H groups in total. The van der Waals surface area contributed by atoms with E-state index in [1.807, 2.05) is 0 Å². The second-order valence-electron chi connectivity index (χ2n) is 4.79. The van der Waals surface area contributed by atoms with E-state index in [9.17, 15) is 18.3 Å². The Morgan fingerprint density at radius 1 is 1.17 bits per heavy atom. The predicted molar refractivity (Wildman–Crippen MR) is 87.1 cm³/mol. The SMILES string of the molecule is CCOc1ccc(S(=O)(=O)N(CCOC)CCOC)cc1C(=O)O. The van der Waals surface area contributed by atoms with Crippen LogP contribution in [0.2, 0.25) is 0 Å². The van der Waals surface area contributed by atoms with Crippen molar-refractivity contribution < 1.29 is 32.5 Å². The van der Waals surface area contributed by atoms with E-state index in [-0.39, 0.29) is 49.1 Å². The number of benzene rings is 1. The van der Waals surface area contributed by atoms with Gasteiger partial charge >= 0.3 is 5.97 Å². The molecular formula is C15H23NO7S. The second kappa shape index (κ2) is 9.58. The first-order valence-corrected chi connectivity index (χ1v) is 8.80. The van der Waals surface area contributed by atoms with E-state index in [0.717, 1.165) is 6.07 Å². The summed E-state index contributed by atoms with van der Waals surface area (Å²) in [7, 11) is -0.933. The van der Waals surface area contributed by atoms with Crippen molar-refractivity contribution in [1.82, 2.24) is 4.31 Å². The highest BCUT2D eigenvalue weighted by atomic mass is 32.2. The fourth-order valence-corrected chi connectivity index (χ4v) is 3.44. The van der Waals surface area contributed by atoms with Crippen LogP contribution in [0, 0.1) is 0 Å². The Kier molecular flexibility index (Phi) is 8.13. The molecule has 136 valence electrons. The van der Waals surface area contributed by atoms with Crippen LogP contribution in [-0.2, 0) is 19.5 Å². The predicted octanol–water partition coefficient (Wildman–Crippen LogP) is 1.07. The van der Waals surface area contributed by atoms with Gasteiger partial charge < -0.3 is 19.3 Å². The number of ether oxygens (including phenoxy) is 3. The lowest BCUT2D eigenvalue weighted by Crippen LogP contribution is -2.36. The Balaban J connectivity index is 3.23. The largest absolute Gasteiger partial charge is 0.493 e. The Labute approximate surface area is 142 Å². The summed E-state index contributed by atoms with van der Waals surface area (Å²) in [6.07, 6.45) is 0. The fraction of sp³-hybridized carbons (Fsp3) is 0.533. The number of sulfonamides is 1. The Hall–Kier alpha value is -1.68. The number of hydrogen-bond donors (Lipinski definition) is 1. The van der Waals surface area contributed by atoms with Crippen LogP contribution >= 0.6 is 0 Å². The van der Waals surface area contributed by atoms with Gasteiger partial charge in [0.25, 0.3) is 0 Å². The maximum absolute atomic E-state index is 12.8.